The molecule has 5 nitrogen and oxygen atoms in total. The van der Waals surface area contributed by atoms with Gasteiger partial charge in [-0.1, -0.05) is 5.92 Å². The number of likely N-dealkylation sites (tertiary alicyclic amines) is 1. The minimum atomic E-state index is -3.01. The zero-order valence-electron chi connectivity index (χ0n) is 16.7. The highest BCUT2D eigenvalue weighted by atomic mass is 19.3. The predicted molar refractivity (Wildman–Crippen MR) is 101 cm³/mol. The summed E-state index contributed by atoms with van der Waals surface area (Å²) in [5.41, 5.74) is 2.73. The molecule has 0 unspecified atom stereocenters. The molecule has 1 spiro atoms. The first-order valence-electron chi connectivity index (χ1n) is 9.42. The average Bonchev–Trinajstić information content (AvgIpc) is 2.59. The van der Waals surface area contributed by atoms with Gasteiger partial charge in [0, 0.05) is 36.9 Å². The van der Waals surface area contributed by atoms with Crippen LogP contribution in [0, 0.1) is 31.1 Å². The number of carbonyl (C=O) groups is 3. The van der Waals surface area contributed by atoms with E-state index in [-0.39, 0.29) is 37.5 Å². The van der Waals surface area contributed by atoms with Gasteiger partial charge in [-0.15, -0.1) is 5.92 Å². The molecule has 1 aliphatic heterocycles. The summed E-state index contributed by atoms with van der Waals surface area (Å²) in [6, 6.07) is 3.77. The van der Waals surface area contributed by atoms with Crippen LogP contribution < -0.4 is 0 Å². The SMILES string of the molecule is CC#Cc1cc(C)c(C2C(=O)CC3(CC2=O)CN(C(=O)COC(F)F)C3)c(C)c1. The largest absolute Gasteiger partial charge is 0.345 e. The fourth-order valence-electron chi connectivity index (χ4n) is 4.54. The minimum absolute atomic E-state index is 0.155. The molecule has 7 heteroatoms. The lowest BCUT2D eigenvalue weighted by molar-refractivity contribution is -0.171. The van der Waals surface area contributed by atoms with Gasteiger partial charge in [-0.3, -0.25) is 14.4 Å². The predicted octanol–water partition coefficient (Wildman–Crippen LogP) is 2.76. The van der Waals surface area contributed by atoms with Gasteiger partial charge >= 0.3 is 6.61 Å². The maximum absolute atomic E-state index is 12.9. The standard InChI is InChI=1S/C22H23F2NO4/c1-4-5-15-6-13(2)19(14(3)7-15)20-16(26)8-22(9-17(20)27)11-25(12-22)18(28)10-29-21(23)24/h6-7,20-21H,8-12H2,1-3H3. The van der Waals surface area contributed by atoms with Gasteiger partial charge in [-0.05, 0) is 49.6 Å². The van der Waals surface area contributed by atoms with E-state index in [1.54, 1.807) is 6.92 Å². The van der Waals surface area contributed by atoms with Crippen LogP contribution in [0.1, 0.15) is 47.9 Å². The molecule has 1 aliphatic carbocycles. The molecular weight excluding hydrogens is 380 g/mol. The molecule has 1 aromatic rings. The number of halogens is 2. The summed E-state index contributed by atoms with van der Waals surface area (Å²) in [5, 5.41) is 0. The Labute approximate surface area is 168 Å². The van der Waals surface area contributed by atoms with Crippen molar-refractivity contribution in [3.63, 3.8) is 0 Å². The Kier molecular flexibility index (Phi) is 5.85. The maximum atomic E-state index is 12.9. The van der Waals surface area contributed by atoms with E-state index in [0.717, 1.165) is 22.3 Å². The molecule has 0 bridgehead atoms. The minimum Gasteiger partial charge on any atom is -0.339 e. The highest BCUT2D eigenvalue weighted by molar-refractivity contribution is 6.11. The number of carbonyl (C=O) groups excluding carboxylic acids is 3. The quantitative estimate of drug-likeness (QED) is 0.573. The van der Waals surface area contributed by atoms with Crippen molar-refractivity contribution in [2.45, 2.75) is 46.1 Å². The number of nitrogens with zero attached hydrogens (tertiary/aromatic N) is 1. The summed E-state index contributed by atoms with van der Waals surface area (Å²) in [6.45, 7) is 2.22. The molecule has 0 radical (unpaired) electrons. The van der Waals surface area contributed by atoms with E-state index in [1.165, 1.54) is 4.90 Å². The van der Waals surface area contributed by atoms with Crippen molar-refractivity contribution in [2.75, 3.05) is 19.7 Å². The molecule has 0 atom stereocenters. The van der Waals surface area contributed by atoms with Gasteiger partial charge in [0.15, 0.2) is 0 Å². The lowest BCUT2D eigenvalue weighted by atomic mass is 9.63. The zero-order chi connectivity index (χ0) is 21.3. The Morgan fingerprint density at radius 2 is 1.76 bits per heavy atom. The van der Waals surface area contributed by atoms with Gasteiger partial charge in [0.05, 0.1) is 0 Å². The summed E-state index contributed by atoms with van der Waals surface area (Å²) in [6.07, 6.45) is 0.385. The van der Waals surface area contributed by atoms with Crippen LogP contribution in [0.5, 0.6) is 0 Å². The summed E-state index contributed by atoms with van der Waals surface area (Å²) >= 11 is 0. The summed E-state index contributed by atoms with van der Waals surface area (Å²) in [5.74, 6) is 4.17. The van der Waals surface area contributed by atoms with E-state index < -0.39 is 30.5 Å². The Hall–Kier alpha value is -2.59. The van der Waals surface area contributed by atoms with E-state index in [2.05, 4.69) is 16.6 Å². The third kappa shape index (κ3) is 4.23. The van der Waals surface area contributed by atoms with Crippen molar-refractivity contribution in [2.24, 2.45) is 5.41 Å². The smallest absolute Gasteiger partial charge is 0.339 e. The van der Waals surface area contributed by atoms with Crippen LogP contribution in [-0.2, 0) is 19.1 Å². The van der Waals surface area contributed by atoms with E-state index in [4.69, 9.17) is 0 Å². The first-order valence-corrected chi connectivity index (χ1v) is 9.42. The van der Waals surface area contributed by atoms with Crippen LogP contribution in [-0.4, -0.2) is 48.7 Å². The Balaban J connectivity index is 1.72. The van der Waals surface area contributed by atoms with Crippen LogP contribution in [0.4, 0.5) is 8.78 Å². The van der Waals surface area contributed by atoms with E-state index in [9.17, 15) is 23.2 Å². The third-order valence-corrected chi connectivity index (χ3v) is 5.63. The molecule has 0 N–H and O–H groups in total. The zero-order valence-corrected chi connectivity index (χ0v) is 16.7. The number of hydrogen-bond donors (Lipinski definition) is 0. The maximum Gasteiger partial charge on any atom is 0.345 e. The summed E-state index contributed by atoms with van der Waals surface area (Å²) in [4.78, 5) is 39.1. The van der Waals surface area contributed by atoms with Gasteiger partial charge < -0.3 is 9.64 Å². The topological polar surface area (TPSA) is 63.7 Å². The number of alkyl halides is 2. The highest BCUT2D eigenvalue weighted by Gasteiger charge is 2.53. The van der Waals surface area contributed by atoms with Crippen molar-refractivity contribution >= 4 is 17.5 Å². The van der Waals surface area contributed by atoms with Crippen molar-refractivity contribution < 1.29 is 27.9 Å². The van der Waals surface area contributed by atoms with Crippen molar-refractivity contribution in [3.05, 3.63) is 34.4 Å². The Bertz CT molecular complexity index is 879. The number of aryl methyl sites for hydroxylation is 2. The van der Waals surface area contributed by atoms with Gasteiger partial charge in [0.2, 0.25) is 5.91 Å². The fourth-order valence-corrected chi connectivity index (χ4v) is 4.54. The van der Waals surface area contributed by atoms with Gasteiger partial charge in [-0.25, -0.2) is 0 Å². The van der Waals surface area contributed by atoms with Crippen molar-refractivity contribution in [3.8, 4) is 11.8 Å². The van der Waals surface area contributed by atoms with Gasteiger partial charge in [-0.2, -0.15) is 8.78 Å². The van der Waals surface area contributed by atoms with Crippen LogP contribution >= 0.6 is 0 Å². The second kappa shape index (κ2) is 8.03. The van der Waals surface area contributed by atoms with Crippen LogP contribution in [0.3, 0.4) is 0 Å². The highest BCUT2D eigenvalue weighted by Crippen LogP contribution is 2.46. The number of ether oxygens (including phenoxy) is 1. The average molecular weight is 403 g/mol. The summed E-state index contributed by atoms with van der Waals surface area (Å²) in [7, 11) is 0. The number of benzene rings is 1. The molecule has 2 aliphatic rings. The molecule has 1 saturated carbocycles. The molecule has 1 aromatic carbocycles. The molecule has 1 amide bonds. The lowest BCUT2D eigenvalue weighted by Crippen LogP contribution is -2.62. The third-order valence-electron chi connectivity index (χ3n) is 5.63. The molecule has 1 heterocycles. The van der Waals surface area contributed by atoms with Gasteiger partial charge in [0.1, 0.15) is 24.1 Å². The van der Waals surface area contributed by atoms with E-state index >= 15 is 0 Å². The van der Waals surface area contributed by atoms with Crippen molar-refractivity contribution in [1.82, 2.24) is 4.90 Å². The lowest BCUT2D eigenvalue weighted by Gasteiger charge is -2.52. The number of ketones is 2. The van der Waals surface area contributed by atoms with E-state index in [0.29, 0.717) is 0 Å². The number of hydrogen-bond acceptors (Lipinski definition) is 4. The Morgan fingerprint density at radius 1 is 1.21 bits per heavy atom. The normalized spacial score (nSPS) is 18.6. The molecule has 0 aromatic heterocycles. The van der Waals surface area contributed by atoms with Crippen LogP contribution in [0.2, 0.25) is 0 Å². The first kappa shape index (κ1) is 21.1. The van der Waals surface area contributed by atoms with E-state index in [1.807, 2.05) is 26.0 Å². The second-order valence-corrected chi connectivity index (χ2v) is 7.94. The van der Waals surface area contributed by atoms with Gasteiger partial charge in [0.25, 0.3) is 0 Å². The molecule has 2 fully saturated rings. The number of amides is 1. The first-order chi connectivity index (χ1) is 13.7. The van der Waals surface area contributed by atoms with Crippen molar-refractivity contribution in [1.29, 1.82) is 0 Å². The molecule has 3 rings (SSSR count). The Morgan fingerprint density at radius 3 is 2.24 bits per heavy atom. The summed E-state index contributed by atoms with van der Waals surface area (Å²) < 4.78 is 28.2. The molecule has 154 valence electrons. The molecule has 29 heavy (non-hydrogen) atoms. The number of Topliss-reactive ketones (excluding diaryl/α,β-unsaturated/α-hetero) is 2. The second-order valence-electron chi connectivity index (χ2n) is 7.94. The fraction of sp³-hybridized carbons (Fsp3) is 0.500. The van der Waals surface area contributed by atoms with Crippen LogP contribution in [0.25, 0.3) is 0 Å². The monoisotopic (exact) mass is 403 g/mol. The molecule has 1 saturated heterocycles. The molecular formula is C22H23F2NO4. The van der Waals surface area contributed by atoms with Crippen LogP contribution in [0.15, 0.2) is 12.1 Å². The number of rotatable bonds is 4.